The molecule has 35 heavy (non-hydrogen) atoms. The lowest BCUT2D eigenvalue weighted by atomic mass is 10.1. The highest BCUT2D eigenvalue weighted by Crippen LogP contribution is 2.32. The van der Waals surface area contributed by atoms with Crippen molar-refractivity contribution in [2.75, 3.05) is 58.4 Å². The van der Waals surface area contributed by atoms with Crippen molar-refractivity contribution in [3.05, 3.63) is 30.3 Å². The van der Waals surface area contributed by atoms with E-state index in [1.165, 1.54) is 0 Å². The van der Waals surface area contributed by atoms with Crippen LogP contribution >= 0.6 is 0 Å². The van der Waals surface area contributed by atoms with Crippen molar-refractivity contribution < 1.29 is 19.1 Å². The van der Waals surface area contributed by atoms with Gasteiger partial charge >= 0.3 is 0 Å². The number of hydrogen-bond acceptors (Lipinski definition) is 7. The van der Waals surface area contributed by atoms with E-state index in [4.69, 9.17) is 9.47 Å². The first-order chi connectivity index (χ1) is 16.9. The van der Waals surface area contributed by atoms with Gasteiger partial charge < -0.3 is 24.2 Å². The van der Waals surface area contributed by atoms with Gasteiger partial charge in [0.05, 0.1) is 26.5 Å². The Kier molecular flexibility index (Phi) is 7.73. The molecule has 2 heterocycles. The zero-order chi connectivity index (χ0) is 24.9. The number of carbonyl (C=O) groups is 2. The van der Waals surface area contributed by atoms with Crippen LogP contribution in [0.3, 0.4) is 0 Å². The highest BCUT2D eigenvalue weighted by Gasteiger charge is 2.35. The van der Waals surface area contributed by atoms with E-state index in [-0.39, 0.29) is 24.3 Å². The second kappa shape index (κ2) is 10.9. The molecule has 1 aromatic heterocycles. The van der Waals surface area contributed by atoms with Crippen LogP contribution in [-0.4, -0.2) is 85.3 Å². The van der Waals surface area contributed by atoms with Crippen LogP contribution in [-0.2, 0) is 9.59 Å². The fraction of sp³-hybridized carbons (Fsp3) is 0.538. The molecule has 9 nitrogen and oxygen atoms in total. The van der Waals surface area contributed by atoms with Gasteiger partial charge in [0, 0.05) is 44.2 Å². The molecule has 4 rings (SSSR count). The minimum Gasteiger partial charge on any atom is -0.493 e. The molecule has 2 amide bonds. The number of benzene rings is 1. The van der Waals surface area contributed by atoms with Crippen LogP contribution in [0.4, 0.5) is 5.82 Å². The Labute approximate surface area is 207 Å². The molecule has 1 saturated carbocycles. The topological polar surface area (TPSA) is 88.1 Å². The Morgan fingerprint density at radius 3 is 2.29 bits per heavy atom. The van der Waals surface area contributed by atoms with Crippen molar-refractivity contribution in [2.24, 2.45) is 11.8 Å². The van der Waals surface area contributed by atoms with Crippen LogP contribution in [0.2, 0.25) is 0 Å². The Bertz CT molecular complexity index is 1030. The van der Waals surface area contributed by atoms with Crippen molar-refractivity contribution in [2.45, 2.75) is 26.7 Å². The monoisotopic (exact) mass is 481 g/mol. The summed E-state index contributed by atoms with van der Waals surface area (Å²) in [6.45, 7) is 7.52. The molecular formula is C26H35N5O4. The molecule has 2 fully saturated rings. The summed E-state index contributed by atoms with van der Waals surface area (Å²) in [6, 6.07) is 9.54. The van der Waals surface area contributed by atoms with Crippen molar-refractivity contribution in [1.29, 1.82) is 0 Å². The fourth-order valence-corrected chi connectivity index (χ4v) is 4.35. The lowest BCUT2D eigenvalue weighted by Gasteiger charge is -2.36. The highest BCUT2D eigenvalue weighted by molar-refractivity contribution is 5.87. The second-order valence-electron chi connectivity index (χ2n) is 9.60. The standard InChI is InChI=1S/C26H35N5O4/c1-18(2)16-31(26(33)19-5-6-19)17-25(32)30-13-11-29(12-14-30)24-10-8-21(27-28-24)20-7-9-22(34-3)23(15-20)35-4/h7-10,15,18-19H,5-6,11-14,16-17H2,1-4H3. The first-order valence-corrected chi connectivity index (χ1v) is 12.3. The minimum atomic E-state index is 0.0224. The summed E-state index contributed by atoms with van der Waals surface area (Å²) in [6.07, 6.45) is 1.90. The average Bonchev–Trinajstić information content (AvgIpc) is 3.73. The summed E-state index contributed by atoms with van der Waals surface area (Å²) in [5, 5.41) is 8.83. The Morgan fingerprint density at radius 1 is 1.00 bits per heavy atom. The fourth-order valence-electron chi connectivity index (χ4n) is 4.35. The Morgan fingerprint density at radius 2 is 1.71 bits per heavy atom. The van der Waals surface area contributed by atoms with E-state index >= 15 is 0 Å². The van der Waals surface area contributed by atoms with Gasteiger partial charge in [-0.2, -0.15) is 0 Å². The number of nitrogens with zero attached hydrogens (tertiary/aromatic N) is 5. The molecular weight excluding hydrogens is 446 g/mol. The van der Waals surface area contributed by atoms with E-state index in [9.17, 15) is 9.59 Å². The first-order valence-electron chi connectivity index (χ1n) is 12.3. The number of methoxy groups -OCH3 is 2. The van der Waals surface area contributed by atoms with Crippen LogP contribution < -0.4 is 14.4 Å². The van der Waals surface area contributed by atoms with Gasteiger partial charge in [-0.3, -0.25) is 9.59 Å². The zero-order valence-electron chi connectivity index (χ0n) is 21.1. The maximum absolute atomic E-state index is 12.9. The van der Waals surface area contributed by atoms with Crippen LogP contribution in [0.15, 0.2) is 30.3 Å². The van der Waals surface area contributed by atoms with Gasteiger partial charge in [-0.1, -0.05) is 13.8 Å². The number of aromatic nitrogens is 2. The number of amides is 2. The van der Waals surface area contributed by atoms with E-state index in [1.807, 2.05) is 35.2 Å². The van der Waals surface area contributed by atoms with Crippen molar-refractivity contribution in [3.63, 3.8) is 0 Å². The Hall–Kier alpha value is -3.36. The van der Waals surface area contributed by atoms with E-state index in [2.05, 4.69) is 28.9 Å². The molecule has 0 N–H and O–H groups in total. The molecule has 0 unspecified atom stereocenters. The number of anilines is 1. The largest absolute Gasteiger partial charge is 0.493 e. The molecule has 1 saturated heterocycles. The van der Waals surface area contributed by atoms with Gasteiger partial charge in [-0.05, 0) is 49.1 Å². The summed E-state index contributed by atoms with van der Waals surface area (Å²) >= 11 is 0. The van der Waals surface area contributed by atoms with Gasteiger partial charge in [0.25, 0.3) is 0 Å². The van der Waals surface area contributed by atoms with Gasteiger partial charge in [-0.15, -0.1) is 10.2 Å². The molecule has 1 aromatic carbocycles. The maximum Gasteiger partial charge on any atom is 0.242 e. The van der Waals surface area contributed by atoms with Gasteiger partial charge in [0.2, 0.25) is 11.8 Å². The molecule has 1 aliphatic heterocycles. The van der Waals surface area contributed by atoms with E-state index < -0.39 is 0 Å². The third-order valence-electron chi connectivity index (χ3n) is 6.44. The number of ether oxygens (including phenoxy) is 2. The molecule has 0 spiro atoms. The quantitative estimate of drug-likeness (QED) is 0.544. The molecule has 0 atom stereocenters. The lowest BCUT2D eigenvalue weighted by Crippen LogP contribution is -2.52. The summed E-state index contributed by atoms with van der Waals surface area (Å²) in [5.74, 6) is 2.71. The van der Waals surface area contributed by atoms with E-state index in [0.717, 1.165) is 29.9 Å². The van der Waals surface area contributed by atoms with E-state index in [0.29, 0.717) is 50.1 Å². The molecule has 0 bridgehead atoms. The molecule has 9 heteroatoms. The molecule has 2 aromatic rings. The number of piperazine rings is 1. The minimum absolute atomic E-state index is 0.0224. The lowest BCUT2D eigenvalue weighted by molar-refractivity contribution is -0.141. The predicted octanol–water partition coefficient (Wildman–Crippen LogP) is 2.70. The van der Waals surface area contributed by atoms with E-state index in [1.54, 1.807) is 19.1 Å². The van der Waals surface area contributed by atoms with Crippen LogP contribution in [0.5, 0.6) is 11.5 Å². The molecule has 0 radical (unpaired) electrons. The zero-order valence-corrected chi connectivity index (χ0v) is 21.1. The van der Waals surface area contributed by atoms with Crippen molar-refractivity contribution in [3.8, 4) is 22.8 Å². The third kappa shape index (κ3) is 6.01. The SMILES string of the molecule is COc1ccc(-c2ccc(N3CCN(C(=O)CN(CC(C)C)C(=O)C4CC4)CC3)nn2)cc1OC. The van der Waals surface area contributed by atoms with Crippen molar-refractivity contribution >= 4 is 17.6 Å². The van der Waals surface area contributed by atoms with Gasteiger partial charge in [0.1, 0.15) is 0 Å². The first kappa shape index (κ1) is 24.8. The third-order valence-corrected chi connectivity index (χ3v) is 6.44. The van der Waals surface area contributed by atoms with Gasteiger partial charge in [0.15, 0.2) is 17.3 Å². The molecule has 2 aliphatic rings. The summed E-state index contributed by atoms with van der Waals surface area (Å²) in [7, 11) is 3.21. The molecule has 1 aliphatic carbocycles. The number of hydrogen-bond donors (Lipinski definition) is 0. The number of carbonyl (C=O) groups excluding carboxylic acids is 2. The summed E-state index contributed by atoms with van der Waals surface area (Å²) < 4.78 is 10.7. The highest BCUT2D eigenvalue weighted by atomic mass is 16.5. The summed E-state index contributed by atoms with van der Waals surface area (Å²) in [5.41, 5.74) is 1.64. The van der Waals surface area contributed by atoms with Crippen molar-refractivity contribution in [1.82, 2.24) is 20.0 Å². The average molecular weight is 482 g/mol. The predicted molar refractivity (Wildman–Crippen MR) is 134 cm³/mol. The van der Waals surface area contributed by atoms with Crippen LogP contribution in [0.25, 0.3) is 11.3 Å². The second-order valence-corrected chi connectivity index (χ2v) is 9.60. The van der Waals surface area contributed by atoms with Gasteiger partial charge in [-0.25, -0.2) is 0 Å². The normalized spacial score (nSPS) is 15.8. The van der Waals surface area contributed by atoms with Crippen LogP contribution in [0.1, 0.15) is 26.7 Å². The Balaban J connectivity index is 1.33. The summed E-state index contributed by atoms with van der Waals surface area (Å²) in [4.78, 5) is 31.3. The molecule has 188 valence electrons. The smallest absolute Gasteiger partial charge is 0.242 e. The van der Waals surface area contributed by atoms with Crippen LogP contribution in [0, 0.1) is 11.8 Å². The maximum atomic E-state index is 12.9. The number of rotatable bonds is 9.